The van der Waals surface area contributed by atoms with E-state index in [-0.39, 0.29) is 18.8 Å². The van der Waals surface area contributed by atoms with Crippen LogP contribution in [0.4, 0.5) is 0 Å². The van der Waals surface area contributed by atoms with Gasteiger partial charge in [-0.05, 0) is 57.2 Å². The van der Waals surface area contributed by atoms with Crippen LogP contribution >= 0.6 is 0 Å². The van der Waals surface area contributed by atoms with Gasteiger partial charge in [-0.25, -0.2) is 4.79 Å². The monoisotopic (exact) mass is 573 g/mol. The van der Waals surface area contributed by atoms with E-state index in [1.807, 2.05) is 24.3 Å². The van der Waals surface area contributed by atoms with E-state index >= 15 is 0 Å². The minimum absolute atomic E-state index is 0.0823. The average molecular weight is 574 g/mol. The van der Waals surface area contributed by atoms with Gasteiger partial charge in [0.05, 0.1) is 6.04 Å². The summed E-state index contributed by atoms with van der Waals surface area (Å²) < 4.78 is 0. The van der Waals surface area contributed by atoms with Gasteiger partial charge in [-0.3, -0.25) is 19.2 Å². The molecular formula is C28H43N7O6. The molecule has 13 heteroatoms. The number of nitrogens with one attached hydrogen (secondary N) is 5. The van der Waals surface area contributed by atoms with Crippen molar-refractivity contribution in [1.29, 1.82) is 0 Å². The van der Waals surface area contributed by atoms with Gasteiger partial charge in [-0.1, -0.05) is 32.0 Å². The van der Waals surface area contributed by atoms with Crippen molar-refractivity contribution in [3.63, 3.8) is 0 Å². The third kappa shape index (κ3) is 9.87. The molecule has 1 aromatic heterocycles. The number of carboxylic acids is 1. The van der Waals surface area contributed by atoms with Crippen LogP contribution in [0.5, 0.6) is 0 Å². The topological polar surface area (TPSA) is 222 Å². The number of fused-ring (bicyclic) bond motifs is 1. The van der Waals surface area contributed by atoms with Gasteiger partial charge in [0.1, 0.15) is 24.2 Å². The fourth-order valence-electron chi connectivity index (χ4n) is 4.13. The molecule has 1 heterocycles. The van der Waals surface area contributed by atoms with E-state index in [0.717, 1.165) is 16.5 Å². The van der Waals surface area contributed by atoms with E-state index in [4.69, 9.17) is 11.5 Å². The number of unbranched alkanes of at least 4 members (excludes halogenated alkanes) is 1. The number of carbonyl (C=O) groups excluding carboxylic acids is 4. The number of rotatable bonds is 16. The summed E-state index contributed by atoms with van der Waals surface area (Å²) in [4.78, 5) is 66.2. The van der Waals surface area contributed by atoms with Gasteiger partial charge in [-0.2, -0.15) is 0 Å². The molecule has 0 saturated heterocycles. The second-order valence-corrected chi connectivity index (χ2v) is 10.5. The smallest absolute Gasteiger partial charge is 0.326 e. The molecule has 0 unspecified atom stereocenters. The first-order chi connectivity index (χ1) is 19.3. The third-order valence-electron chi connectivity index (χ3n) is 6.82. The molecule has 2 aromatic rings. The molecule has 0 radical (unpaired) electrons. The van der Waals surface area contributed by atoms with Crippen molar-refractivity contribution in [2.24, 2.45) is 17.4 Å². The molecular weight excluding hydrogens is 530 g/mol. The second-order valence-electron chi connectivity index (χ2n) is 10.5. The quantitative estimate of drug-likeness (QED) is 0.126. The van der Waals surface area contributed by atoms with Gasteiger partial charge in [0, 0.05) is 23.5 Å². The van der Waals surface area contributed by atoms with Crippen LogP contribution in [0.3, 0.4) is 0 Å². The molecule has 2 rings (SSSR count). The standard InChI is InChI=1S/C28H43N7O6/c1-15(2)23(30)27(39)33-17(4)25(37)35-22(13-18-14-31-20-10-6-5-9-19(18)20)26(38)32-16(3)24(36)34-21(28(40)41)11-7-8-12-29/h5-6,9-10,14-17,21-23,31H,7-8,11-13,29-30H2,1-4H3,(H,32,38)(H,33,39)(H,34,36)(H,35,37)(H,40,41)/t16-,17-,21-,22-,23-/m0/s1. The molecule has 0 aliphatic carbocycles. The van der Waals surface area contributed by atoms with Gasteiger partial charge < -0.3 is 42.8 Å². The van der Waals surface area contributed by atoms with Crippen LogP contribution in [0.25, 0.3) is 10.9 Å². The maximum Gasteiger partial charge on any atom is 0.326 e. The van der Waals surface area contributed by atoms with Crippen LogP contribution < -0.4 is 32.7 Å². The Balaban J connectivity index is 2.17. The molecule has 0 fully saturated rings. The molecule has 0 aliphatic rings. The van der Waals surface area contributed by atoms with Crippen molar-refractivity contribution < 1.29 is 29.1 Å². The van der Waals surface area contributed by atoms with Gasteiger partial charge in [0.25, 0.3) is 0 Å². The van der Waals surface area contributed by atoms with Crippen LogP contribution in [0.1, 0.15) is 52.5 Å². The lowest BCUT2D eigenvalue weighted by Gasteiger charge is -2.24. The summed E-state index contributed by atoms with van der Waals surface area (Å²) in [6.45, 7) is 6.88. The van der Waals surface area contributed by atoms with Gasteiger partial charge in [-0.15, -0.1) is 0 Å². The van der Waals surface area contributed by atoms with Crippen LogP contribution in [0.2, 0.25) is 0 Å². The van der Waals surface area contributed by atoms with E-state index in [2.05, 4.69) is 26.3 Å². The van der Waals surface area contributed by atoms with Crippen LogP contribution in [-0.2, 0) is 30.4 Å². The Hall–Kier alpha value is -3.97. The Morgan fingerprint density at radius 1 is 0.829 bits per heavy atom. The predicted molar refractivity (Wildman–Crippen MR) is 154 cm³/mol. The number of aromatic amines is 1. The van der Waals surface area contributed by atoms with Crippen molar-refractivity contribution in [3.8, 4) is 0 Å². The number of carboxylic acid groups (broad SMARTS) is 1. The van der Waals surface area contributed by atoms with Crippen LogP contribution in [-0.4, -0.2) is 76.4 Å². The summed E-state index contributed by atoms with van der Waals surface area (Å²) in [6, 6.07) is 2.33. The first kappa shape index (κ1) is 33.2. The largest absolute Gasteiger partial charge is 0.480 e. The molecule has 10 N–H and O–H groups in total. The minimum Gasteiger partial charge on any atom is -0.480 e. The first-order valence-corrected chi connectivity index (χ1v) is 13.8. The van der Waals surface area contributed by atoms with Crippen LogP contribution in [0, 0.1) is 5.92 Å². The molecule has 41 heavy (non-hydrogen) atoms. The maximum atomic E-state index is 13.4. The number of carbonyl (C=O) groups is 5. The number of aromatic nitrogens is 1. The SMILES string of the molecule is CC(C)[C@H](N)C(=O)N[C@@H](C)C(=O)N[C@@H](Cc1c[nH]c2ccccc12)C(=O)N[C@@H](C)C(=O)N[C@@H](CCCCN)C(=O)O. The number of nitrogens with two attached hydrogens (primary N) is 2. The van der Waals surface area contributed by atoms with Crippen molar-refractivity contribution in [2.75, 3.05) is 6.54 Å². The van der Waals surface area contributed by atoms with E-state index in [1.165, 1.54) is 13.8 Å². The number of hydrogen-bond acceptors (Lipinski definition) is 7. The molecule has 4 amide bonds. The molecule has 0 aliphatic heterocycles. The molecule has 226 valence electrons. The summed E-state index contributed by atoms with van der Waals surface area (Å²) in [7, 11) is 0. The summed E-state index contributed by atoms with van der Waals surface area (Å²) in [5.41, 5.74) is 12.9. The minimum atomic E-state index is -1.19. The number of hydrogen-bond donors (Lipinski definition) is 8. The lowest BCUT2D eigenvalue weighted by molar-refractivity contribution is -0.142. The zero-order chi connectivity index (χ0) is 30.7. The van der Waals surface area contributed by atoms with Gasteiger partial charge in [0.15, 0.2) is 0 Å². The van der Waals surface area contributed by atoms with E-state index in [0.29, 0.717) is 19.4 Å². The van der Waals surface area contributed by atoms with E-state index in [1.54, 1.807) is 20.0 Å². The lowest BCUT2D eigenvalue weighted by atomic mass is 10.0. The second kappa shape index (κ2) is 15.7. The fraction of sp³-hybridized carbons (Fsp3) is 0.536. The van der Waals surface area contributed by atoms with Crippen molar-refractivity contribution in [2.45, 2.75) is 83.6 Å². The number of para-hydroxylation sites is 1. The van der Waals surface area contributed by atoms with Gasteiger partial charge >= 0.3 is 5.97 Å². The van der Waals surface area contributed by atoms with Crippen LogP contribution in [0.15, 0.2) is 30.5 Å². The zero-order valence-electron chi connectivity index (χ0n) is 24.0. The Morgan fingerprint density at radius 3 is 2.00 bits per heavy atom. The summed E-state index contributed by atoms with van der Waals surface area (Å²) >= 11 is 0. The Kier molecular flexibility index (Phi) is 12.7. The molecule has 0 saturated carbocycles. The van der Waals surface area contributed by atoms with E-state index in [9.17, 15) is 29.1 Å². The number of benzene rings is 1. The maximum absolute atomic E-state index is 13.4. The van der Waals surface area contributed by atoms with Gasteiger partial charge in [0.2, 0.25) is 23.6 Å². The Bertz CT molecular complexity index is 1210. The summed E-state index contributed by atoms with van der Waals surface area (Å²) in [5, 5.41) is 20.6. The highest BCUT2D eigenvalue weighted by Gasteiger charge is 2.30. The zero-order valence-corrected chi connectivity index (χ0v) is 24.0. The van der Waals surface area contributed by atoms with E-state index < -0.39 is 59.8 Å². The average Bonchev–Trinajstić information content (AvgIpc) is 3.33. The molecule has 5 atom stereocenters. The molecule has 0 spiro atoms. The normalized spacial score (nSPS) is 14.9. The first-order valence-electron chi connectivity index (χ1n) is 13.8. The number of amides is 4. The fourth-order valence-corrected chi connectivity index (χ4v) is 4.13. The highest BCUT2D eigenvalue weighted by Crippen LogP contribution is 2.19. The van der Waals surface area contributed by atoms with Crippen molar-refractivity contribution >= 4 is 40.5 Å². The lowest BCUT2D eigenvalue weighted by Crippen LogP contribution is -2.58. The summed E-state index contributed by atoms with van der Waals surface area (Å²) in [6.07, 6.45) is 3.15. The number of aliphatic carboxylic acids is 1. The highest BCUT2D eigenvalue weighted by molar-refractivity contribution is 5.95. The summed E-state index contributed by atoms with van der Waals surface area (Å²) in [5.74, 6) is -3.77. The predicted octanol–water partition coefficient (Wildman–Crippen LogP) is -0.114. The molecule has 0 bridgehead atoms. The van der Waals surface area contributed by atoms with Crippen molar-refractivity contribution in [1.82, 2.24) is 26.3 Å². The van der Waals surface area contributed by atoms with Crippen molar-refractivity contribution in [3.05, 3.63) is 36.0 Å². The Morgan fingerprint density at radius 2 is 1.41 bits per heavy atom. The number of H-pyrrole nitrogens is 1. The third-order valence-corrected chi connectivity index (χ3v) is 6.82. The highest BCUT2D eigenvalue weighted by atomic mass is 16.4. The Labute approximate surface area is 239 Å². The molecule has 13 nitrogen and oxygen atoms in total. The molecule has 1 aromatic carbocycles.